The fourth-order valence-electron chi connectivity index (χ4n) is 2.36. The smallest absolute Gasteiger partial charge is 0.239 e. The molecule has 1 amide bonds. The summed E-state index contributed by atoms with van der Waals surface area (Å²) >= 11 is 17.8. The second-order valence-corrected chi connectivity index (χ2v) is 6.22. The zero-order valence-corrected chi connectivity index (χ0v) is 13.3. The van der Waals surface area contributed by atoms with Gasteiger partial charge in [0.05, 0.1) is 27.3 Å². The van der Waals surface area contributed by atoms with Crippen LogP contribution in [0.3, 0.4) is 0 Å². The van der Waals surface area contributed by atoms with Crippen LogP contribution in [0.5, 0.6) is 0 Å². The third kappa shape index (κ3) is 4.44. The largest absolute Gasteiger partial charge is 0.375 e. The first-order valence-corrected chi connectivity index (χ1v) is 7.87. The minimum absolute atomic E-state index is 0.0287. The lowest BCUT2D eigenvalue weighted by Gasteiger charge is -2.23. The van der Waals surface area contributed by atoms with Gasteiger partial charge in [-0.2, -0.15) is 0 Å². The van der Waals surface area contributed by atoms with Gasteiger partial charge < -0.3 is 10.6 Å². The molecule has 1 fully saturated rings. The van der Waals surface area contributed by atoms with Gasteiger partial charge in [0.2, 0.25) is 5.91 Å². The first-order chi connectivity index (χ1) is 9.56. The third-order valence-corrected chi connectivity index (χ3v) is 4.45. The number of nitrogens with one attached hydrogen (secondary N) is 2. The Bertz CT molecular complexity index is 488. The van der Waals surface area contributed by atoms with Gasteiger partial charge in [0.15, 0.2) is 0 Å². The molecule has 0 bridgehead atoms. The molecule has 1 aliphatic rings. The number of anilines is 1. The predicted octanol–water partition coefficient (Wildman–Crippen LogP) is 4.51. The van der Waals surface area contributed by atoms with E-state index in [1.807, 2.05) is 0 Å². The maximum absolute atomic E-state index is 11.9. The van der Waals surface area contributed by atoms with Gasteiger partial charge in [0, 0.05) is 6.04 Å². The van der Waals surface area contributed by atoms with Crippen molar-refractivity contribution in [2.75, 3.05) is 11.9 Å². The molecule has 110 valence electrons. The van der Waals surface area contributed by atoms with Crippen molar-refractivity contribution in [3.8, 4) is 0 Å². The van der Waals surface area contributed by atoms with Crippen LogP contribution in [0.25, 0.3) is 0 Å². The van der Waals surface area contributed by atoms with Crippen molar-refractivity contribution in [2.24, 2.45) is 0 Å². The van der Waals surface area contributed by atoms with E-state index in [0.29, 0.717) is 26.8 Å². The molecule has 1 aromatic rings. The summed E-state index contributed by atoms with van der Waals surface area (Å²) in [6, 6.07) is 3.50. The molecular formula is C14H17Cl3N2O. The third-order valence-electron chi connectivity index (χ3n) is 3.42. The molecule has 20 heavy (non-hydrogen) atoms. The number of halogens is 3. The Hall–Kier alpha value is -0.640. The summed E-state index contributed by atoms with van der Waals surface area (Å²) in [5.74, 6) is -0.0287. The van der Waals surface area contributed by atoms with Crippen LogP contribution < -0.4 is 10.6 Å². The average molecular weight is 336 g/mol. The summed E-state index contributed by atoms with van der Waals surface area (Å²) in [4.78, 5) is 11.9. The van der Waals surface area contributed by atoms with Crippen LogP contribution >= 0.6 is 34.8 Å². The Balaban J connectivity index is 1.85. The van der Waals surface area contributed by atoms with Gasteiger partial charge in [-0.25, -0.2) is 0 Å². The standard InChI is InChI=1S/C14H17Cl3N2O/c15-10-6-12(17)13(7-11(10)16)18-8-14(20)19-9-4-2-1-3-5-9/h6-7,9,18H,1-5,8H2,(H,19,20). The fraction of sp³-hybridized carbons (Fsp3) is 0.500. The van der Waals surface area contributed by atoms with Crippen LogP contribution in [-0.2, 0) is 4.79 Å². The van der Waals surface area contributed by atoms with Crippen LogP contribution in [0.1, 0.15) is 32.1 Å². The van der Waals surface area contributed by atoms with Crippen molar-refractivity contribution >= 4 is 46.4 Å². The Morgan fingerprint density at radius 2 is 1.70 bits per heavy atom. The van der Waals surface area contributed by atoms with Gasteiger partial charge in [-0.1, -0.05) is 54.1 Å². The summed E-state index contributed by atoms with van der Waals surface area (Å²) < 4.78 is 0. The molecule has 1 saturated carbocycles. The summed E-state index contributed by atoms with van der Waals surface area (Å²) in [6.45, 7) is 0.175. The maximum Gasteiger partial charge on any atom is 0.239 e. The van der Waals surface area contributed by atoms with Crippen molar-refractivity contribution < 1.29 is 4.79 Å². The Morgan fingerprint density at radius 3 is 2.40 bits per heavy atom. The van der Waals surface area contributed by atoms with Crippen LogP contribution in [0.4, 0.5) is 5.69 Å². The van der Waals surface area contributed by atoms with E-state index in [9.17, 15) is 4.79 Å². The number of carbonyl (C=O) groups excluding carboxylic acids is 1. The topological polar surface area (TPSA) is 41.1 Å². The van der Waals surface area contributed by atoms with Gasteiger partial charge in [0.25, 0.3) is 0 Å². The monoisotopic (exact) mass is 334 g/mol. The highest BCUT2D eigenvalue weighted by atomic mass is 35.5. The maximum atomic E-state index is 11.9. The summed E-state index contributed by atoms with van der Waals surface area (Å²) in [5.41, 5.74) is 0.611. The van der Waals surface area contributed by atoms with E-state index < -0.39 is 0 Å². The molecule has 0 aromatic heterocycles. The number of amides is 1. The number of rotatable bonds is 4. The lowest BCUT2D eigenvalue weighted by atomic mass is 9.95. The Labute approximate surface area is 134 Å². The van der Waals surface area contributed by atoms with Crippen molar-refractivity contribution in [3.63, 3.8) is 0 Å². The normalized spacial score (nSPS) is 15.9. The van der Waals surface area contributed by atoms with Crippen LogP contribution in [-0.4, -0.2) is 18.5 Å². The molecule has 3 nitrogen and oxygen atoms in total. The Morgan fingerprint density at radius 1 is 1.05 bits per heavy atom. The highest BCUT2D eigenvalue weighted by Gasteiger charge is 2.15. The average Bonchev–Trinajstić information content (AvgIpc) is 2.42. The second kappa shape index (κ2) is 7.39. The number of benzene rings is 1. The molecule has 0 atom stereocenters. The fourth-order valence-corrected chi connectivity index (χ4v) is 2.97. The van der Waals surface area contributed by atoms with Crippen LogP contribution in [0.15, 0.2) is 12.1 Å². The molecule has 1 aromatic carbocycles. The molecule has 0 aliphatic heterocycles. The molecule has 2 rings (SSSR count). The van der Waals surface area contributed by atoms with Gasteiger partial charge in [-0.15, -0.1) is 0 Å². The van der Waals surface area contributed by atoms with E-state index in [4.69, 9.17) is 34.8 Å². The van der Waals surface area contributed by atoms with Gasteiger partial charge in [0.1, 0.15) is 0 Å². The highest BCUT2D eigenvalue weighted by molar-refractivity contribution is 6.44. The molecule has 0 heterocycles. The lowest BCUT2D eigenvalue weighted by molar-refractivity contribution is -0.120. The summed E-state index contributed by atoms with van der Waals surface area (Å²) in [5, 5.41) is 7.27. The molecule has 2 N–H and O–H groups in total. The quantitative estimate of drug-likeness (QED) is 0.795. The van der Waals surface area contributed by atoms with E-state index in [0.717, 1.165) is 12.8 Å². The molecule has 0 spiro atoms. The molecule has 6 heteroatoms. The van der Waals surface area contributed by atoms with Gasteiger partial charge in [-0.05, 0) is 25.0 Å². The highest BCUT2D eigenvalue weighted by Crippen LogP contribution is 2.32. The summed E-state index contributed by atoms with van der Waals surface area (Å²) in [6.07, 6.45) is 5.79. The molecule has 0 unspecified atom stereocenters. The van der Waals surface area contributed by atoms with Crippen molar-refractivity contribution in [3.05, 3.63) is 27.2 Å². The SMILES string of the molecule is O=C(CNc1cc(Cl)c(Cl)cc1Cl)NC1CCCCC1. The van der Waals surface area contributed by atoms with E-state index >= 15 is 0 Å². The zero-order valence-electron chi connectivity index (χ0n) is 11.0. The molecule has 0 saturated heterocycles. The van der Waals surface area contributed by atoms with Gasteiger partial charge in [-0.3, -0.25) is 4.79 Å². The van der Waals surface area contributed by atoms with E-state index in [1.54, 1.807) is 12.1 Å². The lowest BCUT2D eigenvalue weighted by Crippen LogP contribution is -2.39. The van der Waals surface area contributed by atoms with Crippen LogP contribution in [0, 0.1) is 0 Å². The second-order valence-electron chi connectivity index (χ2n) is 5.00. The van der Waals surface area contributed by atoms with Crippen molar-refractivity contribution in [1.82, 2.24) is 5.32 Å². The molecule has 0 radical (unpaired) electrons. The molecular weight excluding hydrogens is 319 g/mol. The predicted molar refractivity (Wildman–Crippen MR) is 85.0 cm³/mol. The van der Waals surface area contributed by atoms with E-state index in [1.165, 1.54) is 19.3 Å². The van der Waals surface area contributed by atoms with E-state index in [-0.39, 0.29) is 12.5 Å². The number of carbonyl (C=O) groups is 1. The zero-order chi connectivity index (χ0) is 14.5. The summed E-state index contributed by atoms with van der Waals surface area (Å²) in [7, 11) is 0. The number of hydrogen-bond acceptors (Lipinski definition) is 2. The van der Waals surface area contributed by atoms with E-state index in [2.05, 4.69) is 10.6 Å². The number of hydrogen-bond donors (Lipinski definition) is 2. The first kappa shape index (κ1) is 15.7. The van der Waals surface area contributed by atoms with Crippen LogP contribution in [0.2, 0.25) is 15.1 Å². The first-order valence-electron chi connectivity index (χ1n) is 6.74. The van der Waals surface area contributed by atoms with Gasteiger partial charge >= 0.3 is 0 Å². The Kier molecular flexibility index (Phi) is 5.82. The minimum Gasteiger partial charge on any atom is -0.375 e. The van der Waals surface area contributed by atoms with Crippen molar-refractivity contribution in [2.45, 2.75) is 38.1 Å². The van der Waals surface area contributed by atoms with Crippen molar-refractivity contribution in [1.29, 1.82) is 0 Å². The molecule has 1 aliphatic carbocycles. The minimum atomic E-state index is -0.0287.